The number of amides is 1. The van der Waals surface area contributed by atoms with Crippen LogP contribution in [0.15, 0.2) is 72.8 Å². The second kappa shape index (κ2) is 10.2. The molecule has 3 aromatic carbocycles. The Bertz CT molecular complexity index is 1060. The molecule has 0 bridgehead atoms. The van der Waals surface area contributed by atoms with Gasteiger partial charge in [-0.05, 0) is 35.4 Å². The molecule has 0 fully saturated rings. The molecule has 0 unspecified atom stereocenters. The molecule has 1 aliphatic heterocycles. The lowest BCUT2D eigenvalue weighted by Gasteiger charge is -2.27. The van der Waals surface area contributed by atoms with Crippen LogP contribution in [-0.2, 0) is 6.61 Å². The van der Waals surface area contributed by atoms with Gasteiger partial charge >= 0.3 is 0 Å². The summed E-state index contributed by atoms with van der Waals surface area (Å²) in [6.45, 7) is 1.53. The monoisotopic (exact) mass is 434 g/mol. The highest BCUT2D eigenvalue weighted by molar-refractivity contribution is 5.95. The van der Waals surface area contributed by atoms with E-state index in [1.807, 2.05) is 54.6 Å². The Morgan fingerprint density at radius 2 is 1.84 bits per heavy atom. The van der Waals surface area contributed by atoms with Crippen LogP contribution in [0.1, 0.15) is 27.6 Å². The topological polar surface area (TPSA) is 103 Å². The Morgan fingerprint density at radius 1 is 1.09 bits per heavy atom. The van der Waals surface area contributed by atoms with Crippen molar-refractivity contribution in [3.63, 3.8) is 0 Å². The molecule has 2 atom stereocenters. The Morgan fingerprint density at radius 3 is 2.62 bits per heavy atom. The van der Waals surface area contributed by atoms with E-state index in [9.17, 15) is 9.90 Å². The van der Waals surface area contributed by atoms with Crippen molar-refractivity contribution >= 4 is 5.91 Å². The van der Waals surface area contributed by atoms with Gasteiger partial charge in [-0.25, -0.2) is 0 Å². The summed E-state index contributed by atoms with van der Waals surface area (Å²) in [4.78, 5) is 11.9. The third kappa shape index (κ3) is 5.38. The molecule has 0 aliphatic carbocycles. The zero-order valence-electron chi connectivity index (χ0n) is 17.6. The van der Waals surface area contributed by atoms with Gasteiger partial charge < -0.3 is 30.4 Å². The minimum Gasteiger partial charge on any atom is -0.488 e. The molecule has 1 heterocycles. The van der Waals surface area contributed by atoms with Crippen LogP contribution in [0, 0.1) is 0 Å². The van der Waals surface area contributed by atoms with E-state index in [-0.39, 0.29) is 18.2 Å². The molecule has 4 N–H and O–H groups in total. The summed E-state index contributed by atoms with van der Waals surface area (Å²) >= 11 is 0. The molecule has 0 saturated heterocycles. The Kier molecular flexibility index (Phi) is 6.89. The summed E-state index contributed by atoms with van der Waals surface area (Å²) in [6.07, 6.45) is -0.986. The predicted molar refractivity (Wildman–Crippen MR) is 120 cm³/mol. The van der Waals surface area contributed by atoms with Crippen molar-refractivity contribution < 1.29 is 24.1 Å². The highest BCUT2D eigenvalue weighted by Gasteiger charge is 2.21. The van der Waals surface area contributed by atoms with Crippen LogP contribution in [0.25, 0.3) is 0 Å². The fourth-order valence-electron chi connectivity index (χ4n) is 3.47. The van der Waals surface area contributed by atoms with Crippen molar-refractivity contribution in [3.8, 4) is 17.2 Å². The fraction of sp³-hybridized carbons (Fsp3) is 0.240. The summed E-state index contributed by atoms with van der Waals surface area (Å²) < 4.78 is 17.4. The molecule has 1 amide bonds. The lowest BCUT2D eigenvalue weighted by atomic mass is 10.0. The van der Waals surface area contributed by atoms with E-state index in [4.69, 9.17) is 19.9 Å². The van der Waals surface area contributed by atoms with Crippen molar-refractivity contribution in [1.82, 2.24) is 5.32 Å². The highest BCUT2D eigenvalue weighted by atomic mass is 16.6. The van der Waals surface area contributed by atoms with E-state index in [1.54, 1.807) is 18.2 Å². The molecule has 4 rings (SSSR count). The van der Waals surface area contributed by atoms with Crippen molar-refractivity contribution in [3.05, 3.63) is 89.5 Å². The molecule has 3 aromatic rings. The van der Waals surface area contributed by atoms with Crippen molar-refractivity contribution in [1.29, 1.82) is 0 Å². The van der Waals surface area contributed by atoms with Gasteiger partial charge in [0.1, 0.15) is 25.1 Å². The first-order valence-corrected chi connectivity index (χ1v) is 10.5. The van der Waals surface area contributed by atoms with Gasteiger partial charge in [-0.1, -0.05) is 48.5 Å². The SMILES string of the molecule is NC(=O)c1cc([C@H](O)CNC[C@@H]2COc3ccccc3O2)ccc1OCc1ccccc1. The second-order valence-corrected chi connectivity index (χ2v) is 7.57. The maximum absolute atomic E-state index is 11.9. The minimum absolute atomic E-state index is 0.160. The summed E-state index contributed by atoms with van der Waals surface area (Å²) in [7, 11) is 0. The van der Waals surface area contributed by atoms with Crippen molar-refractivity contribution in [2.45, 2.75) is 18.8 Å². The Balaban J connectivity index is 1.32. The zero-order chi connectivity index (χ0) is 22.3. The Hall–Kier alpha value is -3.55. The van der Waals surface area contributed by atoms with Gasteiger partial charge in [0.25, 0.3) is 5.91 Å². The average Bonchev–Trinajstić information content (AvgIpc) is 2.83. The van der Waals surface area contributed by atoms with Gasteiger partial charge in [-0.2, -0.15) is 0 Å². The second-order valence-electron chi connectivity index (χ2n) is 7.57. The summed E-state index contributed by atoms with van der Waals surface area (Å²) in [5, 5.41) is 13.8. The standard InChI is InChI=1S/C25H26N2O5/c26-25(29)20-12-18(10-11-22(20)30-15-17-6-2-1-3-7-17)21(28)14-27-13-19-16-31-23-8-4-5-9-24(23)32-19/h1-12,19,21,27-28H,13-16H2,(H2,26,29)/t19-,21-/m1/s1. The van der Waals surface area contributed by atoms with Crippen LogP contribution in [0.4, 0.5) is 0 Å². The van der Waals surface area contributed by atoms with Crippen LogP contribution in [0.5, 0.6) is 17.2 Å². The van der Waals surface area contributed by atoms with Crippen LogP contribution >= 0.6 is 0 Å². The van der Waals surface area contributed by atoms with E-state index in [0.29, 0.717) is 36.8 Å². The smallest absolute Gasteiger partial charge is 0.252 e. The number of ether oxygens (including phenoxy) is 3. The number of hydrogen-bond acceptors (Lipinski definition) is 6. The first kappa shape index (κ1) is 21.7. The number of benzene rings is 3. The van der Waals surface area contributed by atoms with Crippen LogP contribution in [-0.4, -0.2) is 36.8 Å². The molecular formula is C25H26N2O5. The van der Waals surface area contributed by atoms with E-state index >= 15 is 0 Å². The predicted octanol–water partition coefficient (Wildman–Crippen LogP) is 2.83. The molecule has 0 saturated carbocycles. The van der Waals surface area contributed by atoms with E-state index in [1.165, 1.54) is 0 Å². The third-order valence-corrected chi connectivity index (χ3v) is 5.17. The lowest BCUT2D eigenvalue weighted by Crippen LogP contribution is -2.39. The first-order valence-electron chi connectivity index (χ1n) is 10.5. The largest absolute Gasteiger partial charge is 0.488 e. The van der Waals surface area contributed by atoms with E-state index < -0.39 is 12.0 Å². The molecular weight excluding hydrogens is 408 g/mol. The number of primary amides is 1. The number of para-hydroxylation sites is 2. The number of nitrogens with two attached hydrogens (primary N) is 1. The molecule has 0 aromatic heterocycles. The number of hydrogen-bond donors (Lipinski definition) is 3. The summed E-state index contributed by atoms with van der Waals surface area (Å²) in [5.41, 5.74) is 7.33. The molecule has 166 valence electrons. The van der Waals surface area contributed by atoms with Crippen molar-refractivity contribution in [2.24, 2.45) is 5.73 Å². The van der Waals surface area contributed by atoms with Gasteiger partial charge in [0.05, 0.1) is 11.7 Å². The van der Waals surface area contributed by atoms with Crippen LogP contribution in [0.3, 0.4) is 0 Å². The minimum atomic E-state index is -0.826. The Labute approximate surface area is 186 Å². The molecule has 7 nitrogen and oxygen atoms in total. The number of carbonyl (C=O) groups excluding carboxylic acids is 1. The summed E-state index contributed by atoms with van der Waals surface area (Å²) in [6, 6.07) is 22.1. The van der Waals surface area contributed by atoms with Gasteiger partial charge in [0.15, 0.2) is 11.5 Å². The molecule has 0 spiro atoms. The van der Waals surface area contributed by atoms with Gasteiger partial charge in [-0.3, -0.25) is 4.79 Å². The number of nitrogens with one attached hydrogen (secondary N) is 1. The number of fused-ring (bicyclic) bond motifs is 1. The molecule has 7 heteroatoms. The van der Waals surface area contributed by atoms with Crippen LogP contribution in [0.2, 0.25) is 0 Å². The average molecular weight is 434 g/mol. The van der Waals surface area contributed by atoms with Gasteiger partial charge in [0.2, 0.25) is 0 Å². The number of aliphatic hydroxyl groups excluding tert-OH is 1. The molecule has 32 heavy (non-hydrogen) atoms. The van der Waals surface area contributed by atoms with Crippen LogP contribution < -0.4 is 25.3 Å². The van der Waals surface area contributed by atoms with Gasteiger partial charge in [0, 0.05) is 13.1 Å². The molecule has 0 radical (unpaired) electrons. The molecule has 1 aliphatic rings. The lowest BCUT2D eigenvalue weighted by molar-refractivity contribution is 0.0858. The third-order valence-electron chi connectivity index (χ3n) is 5.17. The zero-order valence-corrected chi connectivity index (χ0v) is 17.6. The number of rotatable bonds is 9. The normalized spacial score (nSPS) is 15.7. The number of aliphatic hydroxyl groups is 1. The van der Waals surface area contributed by atoms with Gasteiger partial charge in [-0.15, -0.1) is 0 Å². The number of carbonyl (C=O) groups is 1. The van der Waals surface area contributed by atoms with E-state index in [0.717, 1.165) is 11.3 Å². The van der Waals surface area contributed by atoms with Crippen molar-refractivity contribution in [2.75, 3.05) is 19.7 Å². The first-order chi connectivity index (χ1) is 15.6. The van der Waals surface area contributed by atoms with E-state index in [2.05, 4.69) is 5.32 Å². The highest BCUT2D eigenvalue weighted by Crippen LogP contribution is 2.30. The summed E-state index contributed by atoms with van der Waals surface area (Å²) in [5.74, 6) is 1.22. The fourth-order valence-corrected chi connectivity index (χ4v) is 3.47. The maximum Gasteiger partial charge on any atom is 0.252 e. The quantitative estimate of drug-likeness (QED) is 0.479. The maximum atomic E-state index is 11.9.